The minimum Gasteiger partial charge on any atom is -0.339 e. The molecule has 1 aromatic heterocycles. The van der Waals surface area contributed by atoms with Crippen molar-refractivity contribution in [1.29, 1.82) is 0 Å². The van der Waals surface area contributed by atoms with Gasteiger partial charge in [0, 0.05) is 5.92 Å². The van der Waals surface area contributed by atoms with Crippen LogP contribution in [0.15, 0.2) is 4.52 Å². The van der Waals surface area contributed by atoms with Gasteiger partial charge in [-0.3, -0.25) is 0 Å². The molecule has 1 saturated carbocycles. The summed E-state index contributed by atoms with van der Waals surface area (Å²) in [5, 5.41) is 3.89. The van der Waals surface area contributed by atoms with E-state index in [-0.39, 0.29) is 6.04 Å². The Morgan fingerprint density at radius 3 is 2.69 bits per heavy atom. The van der Waals surface area contributed by atoms with Gasteiger partial charge in [0.2, 0.25) is 5.89 Å². The number of hydrogen-bond acceptors (Lipinski definition) is 4. The number of rotatable bonds is 3. The summed E-state index contributed by atoms with van der Waals surface area (Å²) in [4.78, 5) is 4.29. The Labute approximate surface area is 77.5 Å². The summed E-state index contributed by atoms with van der Waals surface area (Å²) in [7, 11) is 0. The van der Waals surface area contributed by atoms with Crippen molar-refractivity contribution in [3.8, 4) is 0 Å². The van der Waals surface area contributed by atoms with Crippen LogP contribution in [0.1, 0.15) is 50.4 Å². The molecule has 0 radical (unpaired) electrons. The molecular formula is C9H15N3O. The lowest BCUT2D eigenvalue weighted by Crippen LogP contribution is -2.18. The maximum absolute atomic E-state index is 5.89. The third-order valence-electron chi connectivity index (χ3n) is 2.40. The highest BCUT2D eigenvalue weighted by Gasteiger charge is 2.30. The maximum atomic E-state index is 5.89. The molecule has 13 heavy (non-hydrogen) atoms. The number of nitrogens with two attached hydrogens (primary N) is 1. The standard InChI is InChI=1S/C9H15N3O/c1-5(2)7(10)8-11-9(13-12-8)6-3-4-6/h5-7H,3-4,10H2,1-2H3/t7-/m0/s1. The van der Waals surface area contributed by atoms with Crippen LogP contribution in [0.25, 0.3) is 0 Å². The molecule has 0 saturated heterocycles. The molecule has 72 valence electrons. The summed E-state index contributed by atoms with van der Waals surface area (Å²) in [6.45, 7) is 4.11. The zero-order valence-electron chi connectivity index (χ0n) is 8.03. The van der Waals surface area contributed by atoms with E-state index in [9.17, 15) is 0 Å². The molecule has 0 aliphatic heterocycles. The molecule has 1 aliphatic carbocycles. The van der Waals surface area contributed by atoms with E-state index in [0.717, 1.165) is 5.89 Å². The van der Waals surface area contributed by atoms with Crippen molar-refractivity contribution in [2.45, 2.75) is 38.6 Å². The van der Waals surface area contributed by atoms with Gasteiger partial charge in [0.25, 0.3) is 0 Å². The van der Waals surface area contributed by atoms with E-state index in [0.29, 0.717) is 17.7 Å². The van der Waals surface area contributed by atoms with Crippen LogP contribution in [0.4, 0.5) is 0 Å². The zero-order valence-corrected chi connectivity index (χ0v) is 8.03. The molecule has 1 atom stereocenters. The summed E-state index contributed by atoms with van der Waals surface area (Å²) in [5.74, 6) is 2.29. The van der Waals surface area contributed by atoms with Crippen molar-refractivity contribution in [3.63, 3.8) is 0 Å². The van der Waals surface area contributed by atoms with Crippen molar-refractivity contribution in [2.24, 2.45) is 11.7 Å². The molecule has 4 heteroatoms. The number of aromatic nitrogens is 2. The summed E-state index contributed by atoms with van der Waals surface area (Å²) in [6.07, 6.45) is 2.36. The lowest BCUT2D eigenvalue weighted by atomic mass is 10.1. The minimum atomic E-state index is -0.101. The monoisotopic (exact) mass is 181 g/mol. The maximum Gasteiger partial charge on any atom is 0.229 e. The van der Waals surface area contributed by atoms with Crippen LogP contribution in [0.2, 0.25) is 0 Å². The molecule has 0 aromatic carbocycles. The van der Waals surface area contributed by atoms with Gasteiger partial charge in [-0.05, 0) is 18.8 Å². The van der Waals surface area contributed by atoms with Gasteiger partial charge in [0.15, 0.2) is 5.82 Å². The average molecular weight is 181 g/mol. The largest absolute Gasteiger partial charge is 0.339 e. The van der Waals surface area contributed by atoms with Gasteiger partial charge in [0.1, 0.15) is 0 Å². The second-order valence-electron chi connectivity index (χ2n) is 4.03. The van der Waals surface area contributed by atoms with Crippen LogP contribution < -0.4 is 5.73 Å². The Balaban J connectivity index is 2.11. The van der Waals surface area contributed by atoms with Crippen LogP contribution in [-0.2, 0) is 0 Å². The quantitative estimate of drug-likeness (QED) is 0.769. The van der Waals surface area contributed by atoms with Gasteiger partial charge in [-0.25, -0.2) is 0 Å². The van der Waals surface area contributed by atoms with Crippen molar-refractivity contribution in [1.82, 2.24) is 10.1 Å². The molecule has 4 nitrogen and oxygen atoms in total. The predicted molar refractivity (Wildman–Crippen MR) is 48.0 cm³/mol. The van der Waals surface area contributed by atoms with Crippen LogP contribution in [0.5, 0.6) is 0 Å². The van der Waals surface area contributed by atoms with Gasteiger partial charge in [-0.2, -0.15) is 4.98 Å². The summed E-state index contributed by atoms with van der Waals surface area (Å²) in [6, 6.07) is -0.101. The van der Waals surface area contributed by atoms with Gasteiger partial charge in [-0.15, -0.1) is 0 Å². The Morgan fingerprint density at radius 2 is 2.15 bits per heavy atom. The topological polar surface area (TPSA) is 64.9 Å². The molecule has 0 spiro atoms. The molecule has 1 aliphatic rings. The van der Waals surface area contributed by atoms with E-state index < -0.39 is 0 Å². The zero-order chi connectivity index (χ0) is 9.42. The van der Waals surface area contributed by atoms with Crippen LogP contribution in [0.3, 0.4) is 0 Å². The molecule has 1 aromatic rings. The predicted octanol–water partition coefficient (Wildman–Crippen LogP) is 1.60. The fraction of sp³-hybridized carbons (Fsp3) is 0.778. The van der Waals surface area contributed by atoms with E-state index in [1.807, 2.05) is 0 Å². The van der Waals surface area contributed by atoms with Crippen LogP contribution in [0, 0.1) is 5.92 Å². The van der Waals surface area contributed by atoms with E-state index >= 15 is 0 Å². The number of nitrogens with zero attached hydrogens (tertiary/aromatic N) is 2. The van der Waals surface area contributed by atoms with E-state index in [4.69, 9.17) is 10.3 Å². The fourth-order valence-corrected chi connectivity index (χ4v) is 1.18. The average Bonchev–Trinajstić information content (AvgIpc) is 2.83. The lowest BCUT2D eigenvalue weighted by Gasteiger charge is -2.09. The Kier molecular flexibility index (Phi) is 2.07. The first-order valence-corrected chi connectivity index (χ1v) is 4.77. The first-order chi connectivity index (χ1) is 6.18. The lowest BCUT2D eigenvalue weighted by molar-refractivity contribution is 0.363. The fourth-order valence-electron chi connectivity index (χ4n) is 1.18. The minimum absolute atomic E-state index is 0.101. The highest BCUT2D eigenvalue weighted by Crippen LogP contribution is 2.39. The normalized spacial score (nSPS) is 19.4. The molecule has 1 heterocycles. The summed E-state index contributed by atoms with van der Waals surface area (Å²) < 4.78 is 5.12. The van der Waals surface area contributed by atoms with Gasteiger partial charge >= 0.3 is 0 Å². The third kappa shape index (κ3) is 1.72. The number of hydrogen-bond donors (Lipinski definition) is 1. The molecule has 0 unspecified atom stereocenters. The molecule has 2 rings (SSSR count). The molecule has 2 N–H and O–H groups in total. The Morgan fingerprint density at radius 1 is 1.46 bits per heavy atom. The molecular weight excluding hydrogens is 166 g/mol. The van der Waals surface area contributed by atoms with Crippen molar-refractivity contribution < 1.29 is 4.52 Å². The van der Waals surface area contributed by atoms with Crippen LogP contribution in [-0.4, -0.2) is 10.1 Å². The van der Waals surface area contributed by atoms with E-state index in [2.05, 4.69) is 24.0 Å². The highest BCUT2D eigenvalue weighted by atomic mass is 16.5. The summed E-state index contributed by atoms with van der Waals surface area (Å²) in [5.41, 5.74) is 5.89. The first kappa shape index (κ1) is 8.69. The van der Waals surface area contributed by atoms with Crippen molar-refractivity contribution in [3.05, 3.63) is 11.7 Å². The Bertz CT molecular complexity index is 291. The van der Waals surface area contributed by atoms with Crippen molar-refractivity contribution >= 4 is 0 Å². The summed E-state index contributed by atoms with van der Waals surface area (Å²) >= 11 is 0. The highest BCUT2D eigenvalue weighted by molar-refractivity contribution is 5.03. The van der Waals surface area contributed by atoms with Gasteiger partial charge in [-0.1, -0.05) is 19.0 Å². The van der Waals surface area contributed by atoms with Gasteiger partial charge in [0.05, 0.1) is 6.04 Å². The second kappa shape index (κ2) is 3.10. The van der Waals surface area contributed by atoms with E-state index in [1.165, 1.54) is 12.8 Å². The van der Waals surface area contributed by atoms with Gasteiger partial charge < -0.3 is 10.3 Å². The third-order valence-corrected chi connectivity index (χ3v) is 2.40. The van der Waals surface area contributed by atoms with Crippen molar-refractivity contribution in [2.75, 3.05) is 0 Å². The molecule has 0 amide bonds. The van der Waals surface area contributed by atoms with E-state index in [1.54, 1.807) is 0 Å². The van der Waals surface area contributed by atoms with Crippen LogP contribution >= 0.6 is 0 Å². The SMILES string of the molecule is CC(C)[C@H](N)c1noc(C2CC2)n1. The second-order valence-corrected chi connectivity index (χ2v) is 4.03. The molecule has 1 fully saturated rings. The first-order valence-electron chi connectivity index (χ1n) is 4.77. The smallest absolute Gasteiger partial charge is 0.229 e. The molecule has 0 bridgehead atoms. The Hall–Kier alpha value is -0.900.